The Kier molecular flexibility index (Phi) is 4.00. The van der Waals surface area contributed by atoms with Crippen LogP contribution in [0.5, 0.6) is 11.5 Å². The van der Waals surface area contributed by atoms with Gasteiger partial charge >= 0.3 is 5.97 Å². The summed E-state index contributed by atoms with van der Waals surface area (Å²) in [4.78, 5) is 12.2. The fourth-order valence-electron chi connectivity index (χ4n) is 2.33. The van der Waals surface area contributed by atoms with Gasteiger partial charge in [-0.15, -0.1) is 0 Å². The highest BCUT2D eigenvalue weighted by Crippen LogP contribution is 2.31. The van der Waals surface area contributed by atoms with E-state index in [1.807, 2.05) is 50.2 Å². The van der Waals surface area contributed by atoms with Gasteiger partial charge in [-0.2, -0.15) is 0 Å². The van der Waals surface area contributed by atoms with Crippen LogP contribution in [0.2, 0.25) is 0 Å². The van der Waals surface area contributed by atoms with E-state index in [0.29, 0.717) is 11.5 Å². The highest BCUT2D eigenvalue weighted by atomic mass is 16.6. The van der Waals surface area contributed by atoms with Crippen molar-refractivity contribution in [1.82, 2.24) is 0 Å². The Morgan fingerprint density at radius 2 is 1.95 bits per heavy atom. The van der Waals surface area contributed by atoms with Crippen LogP contribution in [0, 0.1) is 13.8 Å². The second-order valence-electron chi connectivity index (χ2n) is 5.40. The van der Waals surface area contributed by atoms with E-state index < -0.39 is 12.1 Å². The van der Waals surface area contributed by atoms with Crippen LogP contribution < -0.4 is 9.47 Å². The van der Waals surface area contributed by atoms with Crippen molar-refractivity contribution in [2.24, 2.45) is 0 Å². The van der Waals surface area contributed by atoms with Gasteiger partial charge in [0.2, 0.25) is 6.10 Å². The number of rotatable bonds is 3. The molecule has 1 aliphatic heterocycles. The van der Waals surface area contributed by atoms with Crippen LogP contribution in [-0.4, -0.2) is 18.7 Å². The predicted octanol–water partition coefficient (Wildman–Crippen LogP) is 3.19. The lowest BCUT2D eigenvalue weighted by molar-refractivity contribution is -0.155. The first-order chi connectivity index (χ1) is 10.6. The summed E-state index contributed by atoms with van der Waals surface area (Å²) in [7, 11) is 0. The molecule has 0 N–H and O–H groups in total. The van der Waals surface area contributed by atoms with E-state index >= 15 is 0 Å². The van der Waals surface area contributed by atoms with Crippen molar-refractivity contribution < 1.29 is 19.0 Å². The number of aryl methyl sites for hydroxylation is 2. The molecule has 4 nitrogen and oxygen atoms in total. The highest BCUT2D eigenvalue weighted by Gasteiger charge is 2.28. The number of carbonyl (C=O) groups is 1. The summed E-state index contributed by atoms with van der Waals surface area (Å²) in [5.41, 5.74) is 3.25. The number of para-hydroxylation sites is 2. The molecule has 3 rings (SSSR count). The molecule has 1 heterocycles. The molecule has 2 aromatic carbocycles. The van der Waals surface area contributed by atoms with Gasteiger partial charge in [0.1, 0.15) is 13.2 Å². The molecule has 1 atom stereocenters. The summed E-state index contributed by atoms with van der Waals surface area (Å²) in [5.74, 6) is 0.818. The van der Waals surface area contributed by atoms with Crippen molar-refractivity contribution >= 4 is 5.97 Å². The summed E-state index contributed by atoms with van der Waals surface area (Å²) in [5, 5.41) is 0. The van der Waals surface area contributed by atoms with Crippen LogP contribution in [0.25, 0.3) is 0 Å². The van der Waals surface area contributed by atoms with Crippen LogP contribution in [-0.2, 0) is 16.1 Å². The van der Waals surface area contributed by atoms with E-state index in [2.05, 4.69) is 0 Å². The van der Waals surface area contributed by atoms with Crippen LogP contribution >= 0.6 is 0 Å². The van der Waals surface area contributed by atoms with E-state index in [1.165, 1.54) is 0 Å². The standard InChI is InChI=1S/C18H18O4/c1-12-7-8-13(2)14(9-12)10-21-18(19)17-11-20-15-5-3-4-6-16(15)22-17/h3-9,17H,10-11H2,1-2H3/t17-/m0/s1. The number of hydrogen-bond donors (Lipinski definition) is 0. The molecule has 0 amide bonds. The topological polar surface area (TPSA) is 44.8 Å². The summed E-state index contributed by atoms with van der Waals surface area (Å²) < 4.78 is 16.5. The van der Waals surface area contributed by atoms with Gasteiger partial charge in [-0.3, -0.25) is 0 Å². The largest absolute Gasteiger partial charge is 0.485 e. The minimum absolute atomic E-state index is 0.169. The molecule has 0 aliphatic carbocycles. The molecule has 0 unspecified atom stereocenters. The molecule has 114 valence electrons. The zero-order chi connectivity index (χ0) is 15.5. The quantitative estimate of drug-likeness (QED) is 0.816. The van der Waals surface area contributed by atoms with Gasteiger partial charge in [0.05, 0.1) is 0 Å². The smallest absolute Gasteiger partial charge is 0.351 e. The predicted molar refractivity (Wildman–Crippen MR) is 82.1 cm³/mol. The lowest BCUT2D eigenvalue weighted by atomic mass is 10.1. The van der Waals surface area contributed by atoms with Gasteiger partial charge in [0.15, 0.2) is 11.5 Å². The van der Waals surface area contributed by atoms with Crippen molar-refractivity contribution in [3.8, 4) is 11.5 Å². The lowest BCUT2D eigenvalue weighted by Gasteiger charge is -2.25. The molecule has 0 spiro atoms. The summed E-state index contributed by atoms with van der Waals surface area (Å²) in [6.45, 7) is 4.43. The Hall–Kier alpha value is -2.49. The monoisotopic (exact) mass is 298 g/mol. The normalized spacial score (nSPS) is 16.2. The molecular weight excluding hydrogens is 280 g/mol. The average molecular weight is 298 g/mol. The Labute approximate surface area is 129 Å². The van der Waals surface area contributed by atoms with Crippen molar-refractivity contribution in [3.63, 3.8) is 0 Å². The number of esters is 1. The summed E-state index contributed by atoms with van der Waals surface area (Å²) >= 11 is 0. The molecule has 2 aromatic rings. The number of carbonyl (C=O) groups excluding carboxylic acids is 1. The number of ether oxygens (including phenoxy) is 3. The fourth-order valence-corrected chi connectivity index (χ4v) is 2.33. The average Bonchev–Trinajstić information content (AvgIpc) is 2.55. The SMILES string of the molecule is Cc1ccc(C)c(COC(=O)[C@@H]2COc3ccccc3O2)c1. The van der Waals surface area contributed by atoms with Gasteiger partial charge in [-0.1, -0.05) is 35.9 Å². The Balaban J connectivity index is 1.62. The van der Waals surface area contributed by atoms with Crippen LogP contribution in [0.15, 0.2) is 42.5 Å². The molecule has 4 heteroatoms. The fraction of sp³-hybridized carbons (Fsp3) is 0.278. The number of benzene rings is 2. The zero-order valence-electron chi connectivity index (χ0n) is 12.7. The van der Waals surface area contributed by atoms with Crippen LogP contribution in [0.1, 0.15) is 16.7 Å². The van der Waals surface area contributed by atoms with E-state index in [9.17, 15) is 4.79 Å². The maximum atomic E-state index is 12.2. The molecule has 0 saturated carbocycles. The maximum absolute atomic E-state index is 12.2. The summed E-state index contributed by atoms with van der Waals surface area (Å²) in [6, 6.07) is 13.4. The lowest BCUT2D eigenvalue weighted by Crippen LogP contribution is -2.37. The minimum atomic E-state index is -0.722. The molecule has 0 aromatic heterocycles. The van der Waals surface area contributed by atoms with E-state index in [0.717, 1.165) is 16.7 Å². The summed E-state index contributed by atoms with van der Waals surface area (Å²) in [6.07, 6.45) is -0.722. The van der Waals surface area contributed by atoms with E-state index in [-0.39, 0.29) is 13.2 Å². The first-order valence-electron chi connectivity index (χ1n) is 7.25. The number of hydrogen-bond acceptors (Lipinski definition) is 4. The second-order valence-corrected chi connectivity index (χ2v) is 5.40. The Morgan fingerprint density at radius 3 is 2.77 bits per heavy atom. The molecular formula is C18H18O4. The third kappa shape index (κ3) is 3.06. The molecule has 0 saturated heterocycles. The first kappa shape index (κ1) is 14.4. The molecule has 0 radical (unpaired) electrons. The van der Waals surface area contributed by atoms with Crippen molar-refractivity contribution in [1.29, 1.82) is 0 Å². The Morgan fingerprint density at radius 1 is 1.18 bits per heavy atom. The van der Waals surface area contributed by atoms with Gasteiger partial charge in [-0.25, -0.2) is 4.79 Å². The first-order valence-corrected chi connectivity index (χ1v) is 7.25. The zero-order valence-corrected chi connectivity index (χ0v) is 12.7. The van der Waals surface area contributed by atoms with Gasteiger partial charge in [-0.05, 0) is 37.1 Å². The van der Waals surface area contributed by atoms with Crippen molar-refractivity contribution in [2.45, 2.75) is 26.6 Å². The second kappa shape index (κ2) is 6.10. The van der Waals surface area contributed by atoms with Crippen LogP contribution in [0.4, 0.5) is 0 Å². The Bertz CT molecular complexity index is 693. The molecule has 1 aliphatic rings. The molecule has 0 fully saturated rings. The third-order valence-electron chi connectivity index (χ3n) is 3.65. The number of fused-ring (bicyclic) bond motifs is 1. The van der Waals surface area contributed by atoms with Gasteiger partial charge in [0.25, 0.3) is 0 Å². The minimum Gasteiger partial charge on any atom is -0.485 e. The molecule has 22 heavy (non-hydrogen) atoms. The maximum Gasteiger partial charge on any atom is 0.351 e. The van der Waals surface area contributed by atoms with Crippen molar-refractivity contribution in [3.05, 3.63) is 59.2 Å². The van der Waals surface area contributed by atoms with Gasteiger partial charge < -0.3 is 14.2 Å². The molecule has 0 bridgehead atoms. The highest BCUT2D eigenvalue weighted by molar-refractivity contribution is 5.76. The van der Waals surface area contributed by atoms with E-state index in [4.69, 9.17) is 14.2 Å². The third-order valence-corrected chi connectivity index (χ3v) is 3.65. The van der Waals surface area contributed by atoms with Crippen LogP contribution in [0.3, 0.4) is 0 Å². The van der Waals surface area contributed by atoms with Crippen molar-refractivity contribution in [2.75, 3.05) is 6.61 Å². The van der Waals surface area contributed by atoms with Gasteiger partial charge in [0, 0.05) is 0 Å². The van der Waals surface area contributed by atoms with E-state index in [1.54, 1.807) is 6.07 Å².